The Labute approximate surface area is 130 Å². The topological polar surface area (TPSA) is 44.8 Å². The second-order valence-corrected chi connectivity index (χ2v) is 5.91. The smallest absolute Gasteiger partial charge is 0.322 e. The van der Waals surface area contributed by atoms with E-state index in [0.29, 0.717) is 30.4 Å². The minimum absolute atomic E-state index is 0.101. The quantitative estimate of drug-likeness (QED) is 0.929. The number of benzene rings is 1. The van der Waals surface area contributed by atoms with Crippen LogP contribution in [0.5, 0.6) is 0 Å². The number of halogens is 1. The molecule has 1 aliphatic rings. The van der Waals surface area contributed by atoms with Gasteiger partial charge in [0.15, 0.2) is 0 Å². The van der Waals surface area contributed by atoms with E-state index in [-0.39, 0.29) is 12.1 Å². The lowest BCUT2D eigenvalue weighted by Crippen LogP contribution is -2.47. The Balaban J connectivity index is 1.87. The minimum atomic E-state index is -0.101. The fraction of sp³-hybridized carbons (Fsp3) is 0.533. The third kappa shape index (κ3) is 5.19. The molecule has 0 radical (unpaired) electrons. The number of hydrogen-bond donors (Lipinski definition) is 1. The molecular weight excluding hydrogens is 290 g/mol. The Kier molecular flexibility index (Phi) is 5.85. The highest BCUT2D eigenvalue weighted by molar-refractivity contribution is 6.30. The highest BCUT2D eigenvalue weighted by atomic mass is 35.5. The second-order valence-electron chi connectivity index (χ2n) is 5.47. The van der Waals surface area contributed by atoms with Crippen LogP contribution < -0.4 is 5.32 Å². The molecule has 1 saturated heterocycles. The van der Waals surface area contributed by atoms with Gasteiger partial charge in [-0.3, -0.25) is 0 Å². The van der Waals surface area contributed by atoms with Crippen LogP contribution in [0.15, 0.2) is 24.3 Å². The van der Waals surface area contributed by atoms with Crippen molar-refractivity contribution < 1.29 is 9.53 Å². The summed E-state index contributed by atoms with van der Waals surface area (Å²) in [5.74, 6) is 0. The number of anilines is 1. The average Bonchev–Trinajstić information content (AvgIpc) is 2.45. The van der Waals surface area contributed by atoms with E-state index in [0.717, 1.165) is 13.0 Å². The number of nitrogens with one attached hydrogen (secondary N) is 1. The molecule has 1 N–H and O–H groups in total. The summed E-state index contributed by atoms with van der Waals surface area (Å²) in [7, 11) is 4.07. The molecule has 1 unspecified atom stereocenters. The van der Waals surface area contributed by atoms with E-state index in [4.69, 9.17) is 16.3 Å². The molecule has 1 aromatic carbocycles. The van der Waals surface area contributed by atoms with Gasteiger partial charge in [-0.2, -0.15) is 0 Å². The summed E-state index contributed by atoms with van der Waals surface area (Å²) in [5, 5.41) is 3.48. The number of hydrogen-bond acceptors (Lipinski definition) is 3. The lowest BCUT2D eigenvalue weighted by atomic mass is 10.2. The number of carbonyl (C=O) groups is 1. The van der Waals surface area contributed by atoms with Crippen LogP contribution in [0.4, 0.5) is 10.5 Å². The first-order valence-electron chi connectivity index (χ1n) is 7.12. The van der Waals surface area contributed by atoms with E-state index in [1.54, 1.807) is 17.0 Å². The Bertz CT molecular complexity index is 482. The van der Waals surface area contributed by atoms with Crippen LogP contribution in [0, 0.1) is 0 Å². The highest BCUT2D eigenvalue weighted by Crippen LogP contribution is 2.16. The molecule has 2 amide bonds. The normalized spacial score (nSPS) is 18.9. The van der Waals surface area contributed by atoms with E-state index in [1.807, 2.05) is 26.2 Å². The maximum Gasteiger partial charge on any atom is 0.322 e. The third-order valence-corrected chi connectivity index (χ3v) is 3.64. The summed E-state index contributed by atoms with van der Waals surface area (Å²) in [6, 6.07) is 7.06. The Hall–Kier alpha value is -1.30. The third-order valence-electron chi connectivity index (χ3n) is 3.40. The Morgan fingerprint density at radius 2 is 2.33 bits per heavy atom. The number of rotatable bonds is 4. The Morgan fingerprint density at radius 3 is 3.05 bits per heavy atom. The molecule has 2 rings (SSSR count). The van der Waals surface area contributed by atoms with Gasteiger partial charge in [-0.15, -0.1) is 0 Å². The zero-order valence-corrected chi connectivity index (χ0v) is 13.3. The number of morpholine rings is 1. The lowest BCUT2D eigenvalue weighted by Gasteiger charge is -2.33. The van der Waals surface area contributed by atoms with E-state index >= 15 is 0 Å². The van der Waals surface area contributed by atoms with Crippen molar-refractivity contribution in [3.05, 3.63) is 29.3 Å². The summed E-state index contributed by atoms with van der Waals surface area (Å²) in [5.41, 5.74) is 0.712. The van der Waals surface area contributed by atoms with Crippen molar-refractivity contribution in [1.29, 1.82) is 0 Å². The molecule has 1 atom stereocenters. The number of amides is 2. The minimum Gasteiger partial charge on any atom is -0.374 e. The lowest BCUT2D eigenvalue weighted by molar-refractivity contribution is -0.0186. The molecule has 0 bridgehead atoms. The maximum atomic E-state index is 12.3. The monoisotopic (exact) mass is 311 g/mol. The number of carbonyl (C=O) groups excluding carboxylic acids is 1. The van der Waals surface area contributed by atoms with Gasteiger partial charge in [-0.25, -0.2) is 4.79 Å². The predicted molar refractivity (Wildman–Crippen MR) is 85.0 cm³/mol. The predicted octanol–water partition coefficient (Wildman–Crippen LogP) is 2.52. The van der Waals surface area contributed by atoms with Gasteiger partial charge in [0.1, 0.15) is 0 Å². The summed E-state index contributed by atoms with van der Waals surface area (Å²) in [6.07, 6.45) is 1.03. The Morgan fingerprint density at radius 1 is 1.52 bits per heavy atom. The number of urea groups is 1. The number of ether oxygens (including phenoxy) is 1. The summed E-state index contributed by atoms with van der Waals surface area (Å²) < 4.78 is 5.71. The average molecular weight is 312 g/mol. The van der Waals surface area contributed by atoms with Crippen molar-refractivity contribution in [3.8, 4) is 0 Å². The summed E-state index contributed by atoms with van der Waals surface area (Å²) in [6.45, 7) is 2.78. The number of nitrogens with zero attached hydrogens (tertiary/aromatic N) is 2. The molecule has 21 heavy (non-hydrogen) atoms. The molecule has 0 spiro atoms. The van der Waals surface area contributed by atoms with E-state index in [2.05, 4.69) is 10.2 Å². The van der Waals surface area contributed by atoms with Crippen molar-refractivity contribution in [2.45, 2.75) is 12.5 Å². The van der Waals surface area contributed by atoms with Gasteiger partial charge in [-0.1, -0.05) is 17.7 Å². The zero-order valence-electron chi connectivity index (χ0n) is 12.5. The van der Waals surface area contributed by atoms with Crippen LogP contribution in [0.2, 0.25) is 5.02 Å². The van der Waals surface area contributed by atoms with Crippen LogP contribution in [0.3, 0.4) is 0 Å². The van der Waals surface area contributed by atoms with Crippen molar-refractivity contribution in [2.24, 2.45) is 0 Å². The molecule has 0 aliphatic carbocycles. The van der Waals surface area contributed by atoms with Gasteiger partial charge in [-0.05, 0) is 38.7 Å². The fourth-order valence-electron chi connectivity index (χ4n) is 2.25. The zero-order chi connectivity index (χ0) is 15.2. The van der Waals surface area contributed by atoms with Crippen molar-refractivity contribution in [3.63, 3.8) is 0 Å². The molecule has 6 heteroatoms. The van der Waals surface area contributed by atoms with E-state index < -0.39 is 0 Å². The van der Waals surface area contributed by atoms with Gasteiger partial charge in [0.05, 0.1) is 12.7 Å². The molecule has 1 fully saturated rings. The van der Waals surface area contributed by atoms with Crippen molar-refractivity contribution in [1.82, 2.24) is 9.80 Å². The summed E-state index contributed by atoms with van der Waals surface area (Å²) in [4.78, 5) is 16.2. The van der Waals surface area contributed by atoms with Crippen LogP contribution in [-0.4, -0.2) is 62.3 Å². The standard InChI is InChI=1S/C15H22ClN3O2/c1-18(2)7-6-14-11-19(8-9-21-14)15(20)17-13-5-3-4-12(16)10-13/h3-5,10,14H,6-9,11H2,1-2H3,(H,17,20). The first kappa shape index (κ1) is 16.1. The molecule has 116 valence electrons. The summed E-state index contributed by atoms with van der Waals surface area (Å²) >= 11 is 5.92. The maximum absolute atomic E-state index is 12.3. The van der Waals surface area contributed by atoms with Gasteiger partial charge in [0, 0.05) is 30.3 Å². The van der Waals surface area contributed by atoms with Crippen molar-refractivity contribution in [2.75, 3.05) is 45.7 Å². The molecule has 0 saturated carbocycles. The van der Waals surface area contributed by atoms with Gasteiger partial charge in [0.2, 0.25) is 0 Å². The molecule has 1 aliphatic heterocycles. The molecule has 1 heterocycles. The molecular formula is C15H22ClN3O2. The molecule has 1 aromatic rings. The van der Waals surface area contributed by atoms with Gasteiger partial charge >= 0.3 is 6.03 Å². The van der Waals surface area contributed by atoms with Crippen molar-refractivity contribution >= 4 is 23.3 Å². The largest absolute Gasteiger partial charge is 0.374 e. The van der Waals surface area contributed by atoms with Crippen LogP contribution in [-0.2, 0) is 4.74 Å². The molecule has 0 aromatic heterocycles. The molecule has 5 nitrogen and oxygen atoms in total. The fourth-order valence-corrected chi connectivity index (χ4v) is 2.44. The van der Waals surface area contributed by atoms with Gasteiger partial charge in [0.25, 0.3) is 0 Å². The van der Waals surface area contributed by atoms with E-state index in [1.165, 1.54) is 0 Å². The highest BCUT2D eigenvalue weighted by Gasteiger charge is 2.24. The first-order chi connectivity index (χ1) is 10.0. The SMILES string of the molecule is CN(C)CCC1CN(C(=O)Nc2cccc(Cl)c2)CCO1. The van der Waals surface area contributed by atoms with E-state index in [9.17, 15) is 4.79 Å². The van der Waals surface area contributed by atoms with Crippen LogP contribution in [0.1, 0.15) is 6.42 Å². The second kappa shape index (κ2) is 7.64. The first-order valence-corrected chi connectivity index (χ1v) is 7.50. The van der Waals surface area contributed by atoms with Crippen LogP contribution >= 0.6 is 11.6 Å². The van der Waals surface area contributed by atoms with Crippen LogP contribution in [0.25, 0.3) is 0 Å². The van der Waals surface area contributed by atoms with Gasteiger partial charge < -0.3 is 19.9 Å².